The lowest BCUT2D eigenvalue weighted by atomic mass is 10.2. The Bertz CT molecular complexity index is 907. The normalized spacial score (nSPS) is 11.0. The molecule has 0 amide bonds. The smallest absolute Gasteiger partial charge is 0.364 e. The summed E-state index contributed by atoms with van der Waals surface area (Å²) in [7, 11) is 0. The van der Waals surface area contributed by atoms with Crippen molar-refractivity contribution in [1.82, 2.24) is 20.0 Å². The molecule has 0 aliphatic rings. The van der Waals surface area contributed by atoms with Gasteiger partial charge in [-0.2, -0.15) is 0 Å². The molecule has 0 spiro atoms. The molecule has 2 heterocycles. The van der Waals surface area contributed by atoms with Gasteiger partial charge < -0.3 is 5.32 Å². The first kappa shape index (κ1) is 16.8. The van der Waals surface area contributed by atoms with Crippen LogP contribution in [0.15, 0.2) is 36.6 Å². The number of aromatic nitrogens is 4. The molecule has 0 aliphatic heterocycles. The first-order chi connectivity index (χ1) is 11.6. The standard InChI is InChI=1S/C13H10Br2FN5O3/c14-3-4-17-11-10(18-24-19-11)12-20-23-13(22)21(12)6-7-1-2-9(16)8(15)5-7/h1-2,5H,3-4,6H2,(H,17,19). The minimum atomic E-state index is -0.667. The van der Waals surface area contributed by atoms with Crippen molar-refractivity contribution in [3.8, 4) is 11.5 Å². The van der Waals surface area contributed by atoms with Crippen LogP contribution in [0, 0.1) is 5.82 Å². The second kappa shape index (κ2) is 7.26. The van der Waals surface area contributed by atoms with Crippen LogP contribution in [0.4, 0.5) is 10.2 Å². The molecule has 0 saturated heterocycles. The van der Waals surface area contributed by atoms with Gasteiger partial charge in [0.05, 0.1) is 11.0 Å². The number of hydrogen-bond acceptors (Lipinski definition) is 7. The third kappa shape index (κ3) is 3.41. The van der Waals surface area contributed by atoms with E-state index in [-0.39, 0.29) is 18.1 Å². The number of hydrogen-bond donors (Lipinski definition) is 1. The fourth-order valence-corrected chi connectivity index (χ4v) is 2.64. The third-order valence-corrected chi connectivity index (χ3v) is 4.10. The van der Waals surface area contributed by atoms with Crippen molar-refractivity contribution < 1.29 is 13.5 Å². The SMILES string of the molecule is O=c1onc(-c2nonc2NCCBr)n1Cc1ccc(F)c(Br)c1. The Morgan fingerprint density at radius 2 is 2.12 bits per heavy atom. The molecule has 126 valence electrons. The molecule has 0 unspecified atom stereocenters. The van der Waals surface area contributed by atoms with Gasteiger partial charge in [-0.05, 0) is 43.9 Å². The molecule has 8 nitrogen and oxygen atoms in total. The summed E-state index contributed by atoms with van der Waals surface area (Å²) in [6.45, 7) is 0.704. The summed E-state index contributed by atoms with van der Waals surface area (Å²) in [4.78, 5) is 12.0. The second-order valence-corrected chi connectivity index (χ2v) is 6.33. The predicted molar refractivity (Wildman–Crippen MR) is 89.5 cm³/mol. The fourth-order valence-electron chi connectivity index (χ4n) is 2.02. The van der Waals surface area contributed by atoms with E-state index in [9.17, 15) is 9.18 Å². The third-order valence-electron chi connectivity index (χ3n) is 3.10. The average Bonchev–Trinajstić information content (AvgIpc) is 3.16. The van der Waals surface area contributed by atoms with Crippen molar-refractivity contribution in [3.05, 3.63) is 44.6 Å². The molecule has 0 bridgehead atoms. The fraction of sp³-hybridized carbons (Fsp3) is 0.231. The molecule has 1 aromatic carbocycles. The minimum absolute atomic E-state index is 0.126. The molecule has 3 rings (SSSR count). The number of rotatable bonds is 6. The number of anilines is 1. The minimum Gasteiger partial charge on any atom is -0.364 e. The zero-order chi connectivity index (χ0) is 17.1. The lowest BCUT2D eigenvalue weighted by Crippen LogP contribution is -2.17. The van der Waals surface area contributed by atoms with Gasteiger partial charge in [0, 0.05) is 11.9 Å². The Kier molecular flexibility index (Phi) is 5.09. The van der Waals surface area contributed by atoms with Crippen molar-refractivity contribution in [2.75, 3.05) is 17.2 Å². The molecule has 0 atom stereocenters. The number of benzene rings is 1. The number of nitrogens with one attached hydrogen (secondary N) is 1. The Hall–Kier alpha value is -2.01. The molecule has 0 aliphatic carbocycles. The lowest BCUT2D eigenvalue weighted by molar-refractivity contribution is 0.309. The van der Waals surface area contributed by atoms with Crippen molar-refractivity contribution in [1.29, 1.82) is 0 Å². The van der Waals surface area contributed by atoms with Crippen molar-refractivity contribution in [2.24, 2.45) is 0 Å². The largest absolute Gasteiger partial charge is 0.442 e. The van der Waals surface area contributed by atoms with Crippen LogP contribution in [0.25, 0.3) is 11.5 Å². The maximum atomic E-state index is 13.3. The summed E-state index contributed by atoms with van der Waals surface area (Å²) < 4.78 is 24.3. The molecule has 24 heavy (non-hydrogen) atoms. The van der Waals surface area contributed by atoms with E-state index in [1.807, 2.05) is 0 Å². The summed E-state index contributed by atoms with van der Waals surface area (Å²) in [5.74, 6) is -0.547. The molecular formula is C13H10Br2FN5O3. The van der Waals surface area contributed by atoms with Crippen LogP contribution in [-0.2, 0) is 6.54 Å². The first-order valence-corrected chi connectivity index (χ1v) is 8.65. The Labute approximate surface area is 151 Å². The molecule has 11 heteroatoms. The van der Waals surface area contributed by atoms with Gasteiger partial charge in [-0.25, -0.2) is 13.8 Å². The summed E-state index contributed by atoms with van der Waals surface area (Å²) in [5, 5.41) is 14.9. The lowest BCUT2D eigenvalue weighted by Gasteiger charge is -2.05. The summed E-state index contributed by atoms with van der Waals surface area (Å²) >= 11 is 6.40. The summed E-state index contributed by atoms with van der Waals surface area (Å²) in [5.41, 5.74) is 0.934. The van der Waals surface area contributed by atoms with E-state index in [1.165, 1.54) is 10.6 Å². The molecule has 0 saturated carbocycles. The van der Waals surface area contributed by atoms with Crippen LogP contribution in [0.3, 0.4) is 0 Å². The van der Waals surface area contributed by atoms with E-state index in [0.717, 1.165) is 0 Å². The topological polar surface area (TPSA) is 99.0 Å². The highest BCUT2D eigenvalue weighted by atomic mass is 79.9. The molecule has 0 fully saturated rings. The van der Waals surface area contributed by atoms with Crippen molar-refractivity contribution >= 4 is 37.7 Å². The summed E-state index contributed by atoms with van der Waals surface area (Å²) in [6, 6.07) is 4.44. The van der Waals surface area contributed by atoms with Gasteiger partial charge in [-0.15, -0.1) is 0 Å². The van der Waals surface area contributed by atoms with Gasteiger partial charge in [0.1, 0.15) is 5.82 Å². The van der Waals surface area contributed by atoms with Crippen molar-refractivity contribution in [3.63, 3.8) is 0 Å². The van der Waals surface area contributed by atoms with E-state index in [1.54, 1.807) is 12.1 Å². The van der Waals surface area contributed by atoms with Gasteiger partial charge in [-0.3, -0.25) is 9.09 Å². The Morgan fingerprint density at radius 1 is 1.29 bits per heavy atom. The van der Waals surface area contributed by atoms with Gasteiger partial charge in [0.25, 0.3) is 0 Å². The van der Waals surface area contributed by atoms with Crippen LogP contribution in [0.2, 0.25) is 0 Å². The highest BCUT2D eigenvalue weighted by Crippen LogP contribution is 2.23. The Morgan fingerprint density at radius 3 is 2.88 bits per heavy atom. The van der Waals surface area contributed by atoms with E-state index < -0.39 is 11.6 Å². The number of nitrogens with zero attached hydrogens (tertiary/aromatic N) is 4. The van der Waals surface area contributed by atoms with Gasteiger partial charge in [0.2, 0.25) is 11.6 Å². The molecule has 2 aromatic heterocycles. The van der Waals surface area contributed by atoms with Gasteiger partial charge >= 0.3 is 5.76 Å². The average molecular weight is 463 g/mol. The van der Waals surface area contributed by atoms with E-state index in [2.05, 4.69) is 52.6 Å². The molecule has 3 aromatic rings. The monoisotopic (exact) mass is 461 g/mol. The maximum absolute atomic E-state index is 13.3. The Balaban J connectivity index is 1.96. The van der Waals surface area contributed by atoms with E-state index >= 15 is 0 Å². The van der Waals surface area contributed by atoms with Gasteiger partial charge in [0.15, 0.2) is 5.69 Å². The number of alkyl halides is 1. The quantitative estimate of drug-likeness (QED) is 0.562. The van der Waals surface area contributed by atoms with Crippen LogP contribution >= 0.6 is 31.9 Å². The highest BCUT2D eigenvalue weighted by molar-refractivity contribution is 9.10. The molecular weight excluding hydrogens is 453 g/mol. The van der Waals surface area contributed by atoms with Crippen LogP contribution in [-0.4, -0.2) is 31.9 Å². The van der Waals surface area contributed by atoms with Crippen LogP contribution in [0.1, 0.15) is 5.56 Å². The maximum Gasteiger partial charge on any atom is 0.442 e. The van der Waals surface area contributed by atoms with Crippen molar-refractivity contribution in [2.45, 2.75) is 6.54 Å². The van der Waals surface area contributed by atoms with E-state index in [4.69, 9.17) is 9.15 Å². The predicted octanol–water partition coefficient (Wildman–Crippen LogP) is 2.64. The van der Waals surface area contributed by atoms with E-state index in [0.29, 0.717) is 27.7 Å². The highest BCUT2D eigenvalue weighted by Gasteiger charge is 2.21. The zero-order valence-corrected chi connectivity index (χ0v) is 15.2. The van der Waals surface area contributed by atoms with Gasteiger partial charge in [-0.1, -0.05) is 27.2 Å². The molecule has 1 N–H and O–H groups in total. The zero-order valence-electron chi connectivity index (χ0n) is 12.0. The van der Waals surface area contributed by atoms with Crippen LogP contribution < -0.4 is 11.1 Å². The number of halogens is 3. The second-order valence-electron chi connectivity index (χ2n) is 4.68. The summed E-state index contributed by atoms with van der Waals surface area (Å²) in [6.07, 6.45) is 0. The van der Waals surface area contributed by atoms with Crippen LogP contribution in [0.5, 0.6) is 0 Å². The molecule has 0 radical (unpaired) electrons. The first-order valence-electron chi connectivity index (χ1n) is 6.73.